The van der Waals surface area contributed by atoms with Crippen molar-refractivity contribution in [1.29, 1.82) is 0 Å². The number of nitrogens with zero attached hydrogens (tertiary/aromatic N) is 2. The molecule has 0 aliphatic heterocycles. The molecule has 0 radical (unpaired) electrons. The fourth-order valence-electron chi connectivity index (χ4n) is 1.76. The summed E-state index contributed by atoms with van der Waals surface area (Å²) in [6.45, 7) is 5.85. The highest BCUT2D eigenvalue weighted by Crippen LogP contribution is 2.36. The topological polar surface area (TPSA) is 47.0 Å². The van der Waals surface area contributed by atoms with E-state index in [1.54, 1.807) is 0 Å². The maximum atomic E-state index is 5.32. The van der Waals surface area contributed by atoms with Crippen LogP contribution >= 0.6 is 0 Å². The monoisotopic (exact) mass is 221 g/mol. The van der Waals surface area contributed by atoms with Crippen molar-refractivity contribution in [2.24, 2.45) is 11.8 Å². The van der Waals surface area contributed by atoms with Gasteiger partial charge in [0.15, 0.2) is 0 Å². The average molecular weight is 221 g/mol. The lowest BCUT2D eigenvalue weighted by molar-refractivity contribution is 0.326. The minimum absolute atomic E-state index is 0.634. The normalized spacial score (nSPS) is 16.9. The van der Waals surface area contributed by atoms with Crippen molar-refractivity contribution in [2.45, 2.75) is 26.7 Å². The van der Waals surface area contributed by atoms with Crippen LogP contribution in [0.25, 0.3) is 0 Å². The number of hydrogen-bond donors (Lipinski definition) is 1. The van der Waals surface area contributed by atoms with E-state index in [1.165, 1.54) is 19.2 Å². The summed E-state index contributed by atoms with van der Waals surface area (Å²) in [6, 6.07) is 1.85. The van der Waals surface area contributed by atoms with Crippen LogP contribution in [0, 0.1) is 11.8 Å². The van der Waals surface area contributed by atoms with Crippen LogP contribution in [-0.4, -0.2) is 23.1 Å². The Hall–Kier alpha value is -1.32. The standard InChI is InChI=1S/C12H19N3O/c1-3-16-12-6-11(14-8-15-12)13-7-9(2)10-4-5-10/h6,8-10H,3-5,7H2,1-2H3,(H,13,14,15). The maximum absolute atomic E-state index is 5.32. The molecule has 1 fully saturated rings. The van der Waals surface area contributed by atoms with E-state index in [9.17, 15) is 0 Å². The van der Waals surface area contributed by atoms with Crippen molar-refractivity contribution in [3.05, 3.63) is 12.4 Å². The Morgan fingerprint density at radius 1 is 1.50 bits per heavy atom. The van der Waals surface area contributed by atoms with Gasteiger partial charge in [0, 0.05) is 12.6 Å². The van der Waals surface area contributed by atoms with Gasteiger partial charge < -0.3 is 10.1 Å². The van der Waals surface area contributed by atoms with Gasteiger partial charge in [0.1, 0.15) is 12.1 Å². The molecule has 1 aliphatic carbocycles. The van der Waals surface area contributed by atoms with Gasteiger partial charge >= 0.3 is 0 Å². The molecule has 0 amide bonds. The second-order valence-corrected chi connectivity index (χ2v) is 4.37. The first kappa shape index (κ1) is 11.2. The van der Waals surface area contributed by atoms with E-state index in [0.717, 1.165) is 24.2 Å². The summed E-state index contributed by atoms with van der Waals surface area (Å²) in [5.74, 6) is 3.14. The fraction of sp³-hybridized carbons (Fsp3) is 0.667. The molecule has 1 atom stereocenters. The van der Waals surface area contributed by atoms with Gasteiger partial charge in [-0.15, -0.1) is 0 Å². The van der Waals surface area contributed by atoms with Crippen LogP contribution in [0.3, 0.4) is 0 Å². The Bertz CT molecular complexity index is 339. The van der Waals surface area contributed by atoms with Crippen LogP contribution in [-0.2, 0) is 0 Å². The molecule has 4 nitrogen and oxygen atoms in total. The SMILES string of the molecule is CCOc1cc(NCC(C)C2CC2)ncn1. The largest absolute Gasteiger partial charge is 0.478 e. The summed E-state index contributed by atoms with van der Waals surface area (Å²) >= 11 is 0. The molecule has 1 saturated carbocycles. The Morgan fingerprint density at radius 3 is 3.00 bits per heavy atom. The van der Waals surface area contributed by atoms with E-state index in [0.29, 0.717) is 12.5 Å². The van der Waals surface area contributed by atoms with Gasteiger partial charge in [0.25, 0.3) is 0 Å². The summed E-state index contributed by atoms with van der Waals surface area (Å²) in [5.41, 5.74) is 0. The van der Waals surface area contributed by atoms with Crippen molar-refractivity contribution in [2.75, 3.05) is 18.5 Å². The Labute approximate surface area is 96.4 Å². The molecule has 1 heterocycles. The van der Waals surface area contributed by atoms with Crippen LogP contribution in [0.2, 0.25) is 0 Å². The molecule has 2 rings (SSSR count). The van der Waals surface area contributed by atoms with Crippen molar-refractivity contribution in [3.63, 3.8) is 0 Å². The molecular formula is C12H19N3O. The molecule has 0 aromatic carbocycles. The predicted octanol–water partition coefficient (Wildman–Crippen LogP) is 2.33. The molecule has 0 spiro atoms. The third-order valence-electron chi connectivity index (χ3n) is 2.97. The number of rotatable bonds is 6. The second kappa shape index (κ2) is 5.14. The Kier molecular flexibility index (Phi) is 3.59. The zero-order valence-electron chi connectivity index (χ0n) is 9.94. The molecule has 1 N–H and O–H groups in total. The lowest BCUT2D eigenvalue weighted by Gasteiger charge is -2.12. The summed E-state index contributed by atoms with van der Waals surface area (Å²) in [5, 5.41) is 3.33. The van der Waals surface area contributed by atoms with Gasteiger partial charge in [-0.2, -0.15) is 0 Å². The fourth-order valence-corrected chi connectivity index (χ4v) is 1.76. The average Bonchev–Trinajstić information content (AvgIpc) is 3.11. The molecule has 0 bridgehead atoms. The van der Waals surface area contributed by atoms with E-state index in [1.807, 2.05) is 13.0 Å². The first-order chi connectivity index (χ1) is 7.79. The lowest BCUT2D eigenvalue weighted by Crippen LogP contribution is -2.13. The highest BCUT2D eigenvalue weighted by Gasteiger charge is 2.27. The summed E-state index contributed by atoms with van der Waals surface area (Å²) < 4.78 is 5.32. The molecule has 0 saturated heterocycles. The van der Waals surface area contributed by atoms with Crippen molar-refractivity contribution >= 4 is 5.82 Å². The number of nitrogens with one attached hydrogen (secondary N) is 1. The van der Waals surface area contributed by atoms with Gasteiger partial charge in [-0.25, -0.2) is 9.97 Å². The lowest BCUT2D eigenvalue weighted by atomic mass is 10.1. The number of hydrogen-bond acceptors (Lipinski definition) is 4. The molecule has 1 aromatic heterocycles. The molecule has 1 aromatic rings. The minimum atomic E-state index is 0.634. The predicted molar refractivity (Wildman–Crippen MR) is 63.6 cm³/mol. The molecular weight excluding hydrogens is 202 g/mol. The van der Waals surface area contributed by atoms with Gasteiger partial charge in [-0.05, 0) is 31.6 Å². The summed E-state index contributed by atoms with van der Waals surface area (Å²) in [6.07, 6.45) is 4.31. The summed E-state index contributed by atoms with van der Waals surface area (Å²) in [4.78, 5) is 8.20. The molecule has 4 heteroatoms. The van der Waals surface area contributed by atoms with E-state index in [-0.39, 0.29) is 0 Å². The van der Waals surface area contributed by atoms with Gasteiger partial charge in [0.05, 0.1) is 6.61 Å². The van der Waals surface area contributed by atoms with Gasteiger partial charge in [-0.1, -0.05) is 6.92 Å². The first-order valence-corrected chi connectivity index (χ1v) is 5.98. The number of anilines is 1. The van der Waals surface area contributed by atoms with Gasteiger partial charge in [-0.3, -0.25) is 0 Å². The van der Waals surface area contributed by atoms with Crippen LogP contribution in [0.1, 0.15) is 26.7 Å². The minimum Gasteiger partial charge on any atom is -0.478 e. The van der Waals surface area contributed by atoms with Crippen molar-refractivity contribution < 1.29 is 4.74 Å². The highest BCUT2D eigenvalue weighted by atomic mass is 16.5. The zero-order valence-corrected chi connectivity index (χ0v) is 9.94. The number of ether oxygens (including phenoxy) is 1. The third kappa shape index (κ3) is 3.08. The van der Waals surface area contributed by atoms with E-state index in [2.05, 4.69) is 22.2 Å². The smallest absolute Gasteiger partial charge is 0.218 e. The van der Waals surface area contributed by atoms with Crippen LogP contribution in [0.15, 0.2) is 12.4 Å². The van der Waals surface area contributed by atoms with Crippen molar-refractivity contribution in [3.8, 4) is 5.88 Å². The highest BCUT2D eigenvalue weighted by molar-refractivity contribution is 5.37. The van der Waals surface area contributed by atoms with Crippen LogP contribution in [0.4, 0.5) is 5.82 Å². The third-order valence-corrected chi connectivity index (χ3v) is 2.97. The quantitative estimate of drug-likeness (QED) is 0.801. The van der Waals surface area contributed by atoms with E-state index in [4.69, 9.17) is 4.74 Å². The molecule has 16 heavy (non-hydrogen) atoms. The van der Waals surface area contributed by atoms with Crippen LogP contribution < -0.4 is 10.1 Å². The van der Waals surface area contributed by atoms with Crippen molar-refractivity contribution in [1.82, 2.24) is 9.97 Å². The van der Waals surface area contributed by atoms with Crippen LogP contribution in [0.5, 0.6) is 5.88 Å². The Morgan fingerprint density at radius 2 is 2.31 bits per heavy atom. The Balaban J connectivity index is 1.85. The zero-order chi connectivity index (χ0) is 11.4. The number of aromatic nitrogens is 2. The van der Waals surface area contributed by atoms with E-state index >= 15 is 0 Å². The summed E-state index contributed by atoms with van der Waals surface area (Å²) in [7, 11) is 0. The maximum Gasteiger partial charge on any atom is 0.218 e. The van der Waals surface area contributed by atoms with Gasteiger partial charge in [0.2, 0.25) is 5.88 Å². The second-order valence-electron chi connectivity index (χ2n) is 4.37. The molecule has 1 aliphatic rings. The van der Waals surface area contributed by atoms with E-state index < -0.39 is 0 Å². The first-order valence-electron chi connectivity index (χ1n) is 5.98. The molecule has 88 valence electrons. The molecule has 1 unspecified atom stereocenters.